The number of imidazole rings is 1. The Kier molecular flexibility index (Phi) is 6.52. The van der Waals surface area contributed by atoms with E-state index in [1.165, 1.54) is 30.7 Å². The van der Waals surface area contributed by atoms with Crippen LogP contribution in [-0.4, -0.2) is 55.4 Å². The van der Waals surface area contributed by atoms with Crippen LogP contribution >= 0.6 is 0 Å². The summed E-state index contributed by atoms with van der Waals surface area (Å²) in [4.78, 5) is 28.1. The van der Waals surface area contributed by atoms with Crippen LogP contribution in [0.3, 0.4) is 0 Å². The van der Waals surface area contributed by atoms with Gasteiger partial charge in [-0.25, -0.2) is 18.7 Å². The van der Waals surface area contributed by atoms with Crippen molar-refractivity contribution in [3.05, 3.63) is 66.1 Å². The van der Waals surface area contributed by atoms with Crippen LogP contribution in [0.1, 0.15) is 22.3 Å². The van der Waals surface area contributed by atoms with Crippen molar-refractivity contribution in [2.75, 3.05) is 18.5 Å². The zero-order chi connectivity index (χ0) is 23.4. The lowest BCUT2D eigenvalue weighted by Crippen LogP contribution is -2.21. The zero-order valence-electron chi connectivity index (χ0n) is 17.1. The SMILES string of the molecule is O=C(Nc1ccccn1)c1cncc2[nH]c(-c3ccc(OC[C@@H](O)CO)cc3C(F)F)nc12. The molecule has 0 aliphatic carbocycles. The summed E-state index contributed by atoms with van der Waals surface area (Å²) < 4.78 is 32.9. The predicted molar refractivity (Wildman–Crippen MR) is 115 cm³/mol. The first kappa shape index (κ1) is 22.2. The Bertz CT molecular complexity index is 1270. The number of pyridine rings is 2. The molecule has 33 heavy (non-hydrogen) atoms. The lowest BCUT2D eigenvalue weighted by Gasteiger charge is -2.13. The van der Waals surface area contributed by atoms with Crippen molar-refractivity contribution >= 4 is 22.8 Å². The average Bonchev–Trinajstić information content (AvgIpc) is 3.27. The van der Waals surface area contributed by atoms with Crippen molar-refractivity contribution < 1.29 is 28.5 Å². The highest BCUT2D eigenvalue weighted by Gasteiger charge is 2.21. The highest BCUT2D eigenvalue weighted by molar-refractivity contribution is 6.11. The van der Waals surface area contributed by atoms with E-state index in [1.807, 2.05) is 0 Å². The number of carbonyl (C=O) groups is 1. The number of carbonyl (C=O) groups excluding carboxylic acids is 1. The first-order valence-corrected chi connectivity index (χ1v) is 9.86. The van der Waals surface area contributed by atoms with Crippen LogP contribution in [-0.2, 0) is 0 Å². The van der Waals surface area contributed by atoms with E-state index in [2.05, 4.69) is 25.3 Å². The average molecular weight is 455 g/mol. The Morgan fingerprint density at radius 2 is 2.06 bits per heavy atom. The van der Waals surface area contributed by atoms with Gasteiger partial charge >= 0.3 is 0 Å². The van der Waals surface area contributed by atoms with Crippen LogP contribution in [0.2, 0.25) is 0 Å². The second-order valence-electron chi connectivity index (χ2n) is 7.03. The number of halogens is 2. The molecule has 4 rings (SSSR count). The van der Waals surface area contributed by atoms with E-state index < -0.39 is 25.0 Å². The fourth-order valence-corrected chi connectivity index (χ4v) is 3.12. The molecule has 0 aliphatic heterocycles. The normalized spacial score (nSPS) is 12.2. The quantitative estimate of drug-likeness (QED) is 0.321. The van der Waals surface area contributed by atoms with Crippen LogP contribution in [0.5, 0.6) is 5.75 Å². The lowest BCUT2D eigenvalue weighted by atomic mass is 10.1. The molecule has 0 saturated heterocycles. The molecule has 3 heterocycles. The molecular formula is C22H19F2N5O4. The van der Waals surface area contributed by atoms with Crippen molar-refractivity contribution in [2.45, 2.75) is 12.5 Å². The number of aromatic nitrogens is 4. The third-order valence-corrected chi connectivity index (χ3v) is 4.71. The molecule has 1 atom stereocenters. The number of hydrogen-bond donors (Lipinski definition) is 4. The van der Waals surface area contributed by atoms with Gasteiger partial charge in [0.2, 0.25) is 0 Å². The molecule has 0 saturated carbocycles. The number of anilines is 1. The number of fused-ring (bicyclic) bond motifs is 1. The fraction of sp³-hybridized carbons (Fsp3) is 0.182. The first-order valence-electron chi connectivity index (χ1n) is 9.86. The number of H-pyrrole nitrogens is 1. The minimum Gasteiger partial charge on any atom is -0.491 e. The van der Waals surface area contributed by atoms with Gasteiger partial charge in [-0.15, -0.1) is 0 Å². The Balaban J connectivity index is 1.67. The molecule has 11 heteroatoms. The minimum absolute atomic E-state index is 0.106. The highest BCUT2D eigenvalue weighted by Crippen LogP contribution is 2.34. The molecule has 0 unspecified atom stereocenters. The molecule has 4 N–H and O–H groups in total. The van der Waals surface area contributed by atoms with Crippen LogP contribution in [0.25, 0.3) is 22.4 Å². The molecule has 0 bridgehead atoms. The number of ether oxygens (including phenoxy) is 1. The maximum atomic E-state index is 13.8. The van der Waals surface area contributed by atoms with Gasteiger partial charge in [-0.2, -0.15) is 0 Å². The van der Waals surface area contributed by atoms with Crippen LogP contribution < -0.4 is 10.1 Å². The number of aromatic amines is 1. The van der Waals surface area contributed by atoms with Crippen molar-refractivity contribution in [3.8, 4) is 17.1 Å². The Morgan fingerprint density at radius 3 is 2.79 bits per heavy atom. The second kappa shape index (κ2) is 9.67. The number of rotatable bonds is 8. The van der Waals surface area contributed by atoms with Crippen LogP contribution in [0.15, 0.2) is 55.0 Å². The number of alkyl halides is 2. The monoisotopic (exact) mass is 455 g/mol. The predicted octanol–water partition coefficient (Wildman–Crippen LogP) is 2.94. The third-order valence-electron chi connectivity index (χ3n) is 4.71. The highest BCUT2D eigenvalue weighted by atomic mass is 19.3. The van der Waals surface area contributed by atoms with E-state index in [0.717, 1.165) is 6.07 Å². The summed E-state index contributed by atoms with van der Waals surface area (Å²) in [5.41, 5.74) is 0.576. The molecule has 170 valence electrons. The van der Waals surface area contributed by atoms with Gasteiger partial charge < -0.3 is 25.3 Å². The van der Waals surface area contributed by atoms with Crippen molar-refractivity contribution in [1.29, 1.82) is 0 Å². The summed E-state index contributed by atoms with van der Waals surface area (Å²) in [5, 5.41) is 20.9. The van der Waals surface area contributed by atoms with Gasteiger partial charge in [-0.3, -0.25) is 9.78 Å². The van der Waals surface area contributed by atoms with E-state index in [-0.39, 0.29) is 40.4 Å². The number of hydrogen-bond acceptors (Lipinski definition) is 7. The molecule has 0 fully saturated rings. The molecule has 9 nitrogen and oxygen atoms in total. The van der Waals surface area contributed by atoms with Gasteiger partial charge in [-0.05, 0) is 30.3 Å². The summed E-state index contributed by atoms with van der Waals surface area (Å²) in [6, 6.07) is 9.05. The number of benzene rings is 1. The Morgan fingerprint density at radius 1 is 1.21 bits per heavy atom. The molecule has 1 aromatic carbocycles. The molecule has 3 aromatic heterocycles. The van der Waals surface area contributed by atoms with Gasteiger partial charge in [0.15, 0.2) is 0 Å². The molecule has 0 radical (unpaired) electrons. The van der Waals surface area contributed by atoms with E-state index >= 15 is 0 Å². The van der Waals surface area contributed by atoms with Gasteiger partial charge in [0.1, 0.15) is 35.6 Å². The van der Waals surface area contributed by atoms with Gasteiger partial charge in [0.25, 0.3) is 12.3 Å². The lowest BCUT2D eigenvalue weighted by molar-refractivity contribution is 0.0534. The maximum Gasteiger partial charge on any atom is 0.264 e. The van der Waals surface area contributed by atoms with Gasteiger partial charge in [0, 0.05) is 23.5 Å². The molecule has 1 amide bonds. The summed E-state index contributed by atoms with van der Waals surface area (Å²) >= 11 is 0. The summed E-state index contributed by atoms with van der Waals surface area (Å²) in [7, 11) is 0. The Labute approximate surface area is 186 Å². The molecule has 4 aromatic rings. The first-order chi connectivity index (χ1) is 16.0. The third kappa shape index (κ3) is 4.94. The largest absolute Gasteiger partial charge is 0.491 e. The molecular weight excluding hydrogens is 436 g/mol. The second-order valence-corrected chi connectivity index (χ2v) is 7.03. The van der Waals surface area contributed by atoms with E-state index in [1.54, 1.807) is 18.2 Å². The van der Waals surface area contributed by atoms with Crippen LogP contribution in [0.4, 0.5) is 14.6 Å². The Hall–Kier alpha value is -3.96. The smallest absolute Gasteiger partial charge is 0.264 e. The van der Waals surface area contributed by atoms with E-state index in [0.29, 0.717) is 11.3 Å². The topological polar surface area (TPSA) is 133 Å². The summed E-state index contributed by atoms with van der Waals surface area (Å²) in [6.45, 7) is -0.757. The fourth-order valence-electron chi connectivity index (χ4n) is 3.12. The number of aliphatic hydroxyl groups is 2. The van der Waals surface area contributed by atoms with E-state index in [9.17, 15) is 18.7 Å². The van der Waals surface area contributed by atoms with E-state index in [4.69, 9.17) is 9.84 Å². The summed E-state index contributed by atoms with van der Waals surface area (Å²) in [5.74, 6) is 0.0826. The number of nitrogens with one attached hydrogen (secondary N) is 2. The minimum atomic E-state index is -2.84. The van der Waals surface area contributed by atoms with Gasteiger partial charge in [0.05, 0.1) is 23.9 Å². The van der Waals surface area contributed by atoms with Crippen molar-refractivity contribution in [1.82, 2.24) is 19.9 Å². The number of amides is 1. The number of nitrogens with zero attached hydrogens (tertiary/aromatic N) is 3. The standard InChI is InChI=1S/C22H19F2N5O4/c23-20(24)15-7-13(33-11-12(31)10-30)4-5-14(15)21-27-17-9-25-8-16(19(17)29-21)22(32)28-18-3-1-2-6-26-18/h1-9,12,20,30-31H,10-11H2,(H,27,29)(H,26,28,32)/t12-/m0/s1. The summed E-state index contributed by atoms with van der Waals surface area (Å²) in [6.07, 6.45) is 0.343. The molecule has 0 aliphatic rings. The van der Waals surface area contributed by atoms with Crippen molar-refractivity contribution in [3.63, 3.8) is 0 Å². The van der Waals surface area contributed by atoms with Gasteiger partial charge in [-0.1, -0.05) is 6.07 Å². The van der Waals surface area contributed by atoms with Crippen LogP contribution in [0, 0.1) is 0 Å². The van der Waals surface area contributed by atoms with Crippen molar-refractivity contribution in [2.24, 2.45) is 0 Å². The maximum absolute atomic E-state index is 13.8. The number of aliphatic hydroxyl groups excluding tert-OH is 2. The zero-order valence-corrected chi connectivity index (χ0v) is 17.1. The molecule has 0 spiro atoms.